The van der Waals surface area contributed by atoms with Crippen molar-refractivity contribution in [1.82, 2.24) is 34.9 Å². The zero-order chi connectivity index (χ0) is 39.3. The summed E-state index contributed by atoms with van der Waals surface area (Å²) in [4.78, 5) is 42.2. The van der Waals surface area contributed by atoms with E-state index < -0.39 is 12.2 Å². The Balaban J connectivity index is 0.000000236. The number of aryl methyl sites for hydroxylation is 1. The second-order valence-electron chi connectivity index (χ2n) is 13.4. The third-order valence-corrected chi connectivity index (χ3v) is 9.72. The van der Waals surface area contributed by atoms with Gasteiger partial charge in [0.2, 0.25) is 18.2 Å². The molecule has 0 bridgehead atoms. The van der Waals surface area contributed by atoms with Crippen LogP contribution in [0.1, 0.15) is 30.0 Å². The van der Waals surface area contributed by atoms with Gasteiger partial charge in [-0.05, 0) is 60.9 Å². The van der Waals surface area contributed by atoms with Gasteiger partial charge >= 0.3 is 0 Å². The lowest BCUT2D eigenvalue weighted by atomic mass is 9.98. The first-order valence-corrected chi connectivity index (χ1v) is 18.4. The van der Waals surface area contributed by atoms with Crippen LogP contribution in [0.25, 0.3) is 10.9 Å². The largest absolute Gasteiger partial charge is 0.508 e. The number of piperazine rings is 1. The van der Waals surface area contributed by atoms with E-state index in [1.807, 2.05) is 85.6 Å². The van der Waals surface area contributed by atoms with Gasteiger partial charge < -0.3 is 25.0 Å². The van der Waals surface area contributed by atoms with Gasteiger partial charge in [-0.2, -0.15) is 5.10 Å². The molecule has 12 nitrogen and oxygen atoms in total. The molecular weight excluding hydrogens is 695 g/mol. The highest BCUT2D eigenvalue weighted by Gasteiger charge is 2.49. The molecule has 2 aliphatic heterocycles. The average molecular weight is 746 g/mol. The summed E-state index contributed by atoms with van der Waals surface area (Å²) in [6.45, 7) is 8.07. The number of aromatic nitrogens is 2. The standard InChI is InChI=1S/C25H28N6O4.C10H12O.C8H11N/c1-3-29-21-6-4-5-18(20(21)12-26-29)13-28-14-23-30(16-32)27(2)15-24(34)31(23)22(25(28)35)11-17-7-9-19(33)10-8-17;1-9(11-2)10-7-5-3-4-6-8-10;1-9-7-8-5-3-2-4-6-8/h4-10,12,16,22-23,33H,3,11,13-15H2,1-2H3;3-7H,1,8H2,2H3;2-6,9H,7H2,1H3/t22-,23?;;/m0../s1. The van der Waals surface area contributed by atoms with Crippen molar-refractivity contribution in [3.8, 4) is 5.75 Å². The topological polar surface area (TPSA) is 123 Å². The summed E-state index contributed by atoms with van der Waals surface area (Å²) in [5.41, 5.74) is 5.24. The number of hydrogen-bond donors (Lipinski definition) is 2. The number of phenolic OH excluding ortho intramolecular Hbond substituents is 1. The Kier molecular flexibility index (Phi) is 14.2. The molecule has 55 heavy (non-hydrogen) atoms. The number of nitrogens with one attached hydrogen (secondary N) is 1. The second-order valence-corrected chi connectivity index (χ2v) is 13.4. The highest BCUT2D eigenvalue weighted by atomic mass is 16.5. The fourth-order valence-electron chi connectivity index (χ4n) is 6.86. The van der Waals surface area contributed by atoms with Crippen LogP contribution < -0.4 is 5.32 Å². The molecular formula is C43H51N7O5. The molecule has 3 aliphatic rings. The molecule has 0 spiro atoms. The number of hydrazine groups is 1. The van der Waals surface area contributed by atoms with Crippen molar-refractivity contribution < 1.29 is 24.2 Å². The molecule has 1 aliphatic carbocycles. The highest BCUT2D eigenvalue weighted by Crippen LogP contribution is 2.29. The van der Waals surface area contributed by atoms with Gasteiger partial charge in [-0.3, -0.25) is 24.1 Å². The molecule has 2 fully saturated rings. The molecule has 1 aromatic heterocycles. The average Bonchev–Trinajstić information content (AvgIpc) is 3.43. The smallest absolute Gasteiger partial charge is 0.246 e. The number of benzene rings is 3. The van der Waals surface area contributed by atoms with Gasteiger partial charge in [-0.25, -0.2) is 5.01 Å². The van der Waals surface area contributed by atoms with E-state index in [0.29, 0.717) is 13.0 Å². The van der Waals surface area contributed by atoms with Gasteiger partial charge in [0.05, 0.1) is 31.9 Å². The van der Waals surface area contributed by atoms with Crippen molar-refractivity contribution in [2.45, 2.75) is 51.6 Å². The number of ether oxygens (including phenoxy) is 1. The molecule has 3 heterocycles. The molecule has 4 aromatic rings. The summed E-state index contributed by atoms with van der Waals surface area (Å²) in [6.07, 6.45) is 13.2. The molecule has 12 heteroatoms. The van der Waals surface area contributed by atoms with Gasteiger partial charge in [0, 0.05) is 38.5 Å². The summed E-state index contributed by atoms with van der Waals surface area (Å²) in [5.74, 6) is 0.518. The number of amides is 3. The molecule has 0 saturated carbocycles. The number of methoxy groups -OCH3 is 1. The SMILES string of the molecule is C=C(OC)C1=CC=CC=CC1.CCn1ncc2c(CN3CC4N(C(=O)CN(C)N4C=O)[C@@H](Cc4ccc(O)cc4)C3=O)cccc21.CNCc1ccccc1. The van der Waals surface area contributed by atoms with E-state index in [9.17, 15) is 19.5 Å². The number of carbonyl (C=O) groups is 3. The Labute approximate surface area is 323 Å². The van der Waals surface area contributed by atoms with E-state index >= 15 is 0 Å². The maximum atomic E-state index is 13.8. The highest BCUT2D eigenvalue weighted by molar-refractivity contribution is 5.91. The number of nitrogens with zero attached hydrogens (tertiary/aromatic N) is 6. The van der Waals surface area contributed by atoms with Gasteiger partial charge in [0.25, 0.3) is 0 Å². The molecule has 3 amide bonds. The molecule has 3 aromatic carbocycles. The third kappa shape index (κ3) is 9.97. The van der Waals surface area contributed by atoms with Crippen LogP contribution in [0.5, 0.6) is 5.75 Å². The molecule has 2 N–H and O–H groups in total. The van der Waals surface area contributed by atoms with Crippen molar-refractivity contribution in [2.75, 3.05) is 34.3 Å². The second kappa shape index (κ2) is 19.4. The predicted octanol–water partition coefficient (Wildman–Crippen LogP) is 5.18. The van der Waals surface area contributed by atoms with Gasteiger partial charge in [-0.1, -0.05) is 91.6 Å². The van der Waals surface area contributed by atoms with Crippen LogP contribution in [0.3, 0.4) is 0 Å². The first-order chi connectivity index (χ1) is 26.7. The van der Waals surface area contributed by atoms with Crippen LogP contribution in [0.2, 0.25) is 0 Å². The maximum Gasteiger partial charge on any atom is 0.246 e. The molecule has 288 valence electrons. The fourth-order valence-corrected chi connectivity index (χ4v) is 6.86. The van der Waals surface area contributed by atoms with Crippen molar-refractivity contribution >= 4 is 29.1 Å². The number of phenols is 1. The Hall–Kier alpha value is -5.98. The number of likely N-dealkylation sites (N-methyl/N-ethyl adjacent to an activating group) is 1. The molecule has 1 unspecified atom stereocenters. The first kappa shape index (κ1) is 40.2. The Morgan fingerprint density at radius 2 is 1.78 bits per heavy atom. The Bertz CT molecular complexity index is 2020. The first-order valence-electron chi connectivity index (χ1n) is 18.4. The van der Waals surface area contributed by atoms with Crippen LogP contribution in [0, 0.1) is 0 Å². The van der Waals surface area contributed by atoms with Gasteiger partial charge in [0.15, 0.2) is 0 Å². The van der Waals surface area contributed by atoms with Crippen molar-refractivity contribution in [1.29, 1.82) is 0 Å². The Morgan fingerprint density at radius 3 is 2.47 bits per heavy atom. The predicted molar refractivity (Wildman–Crippen MR) is 214 cm³/mol. The van der Waals surface area contributed by atoms with Crippen LogP contribution in [-0.4, -0.2) is 99.4 Å². The minimum atomic E-state index is -0.764. The fraction of sp³-hybridized carbons (Fsp3) is 0.302. The lowest BCUT2D eigenvalue weighted by Gasteiger charge is -2.53. The third-order valence-electron chi connectivity index (χ3n) is 9.72. The Morgan fingerprint density at radius 1 is 1.02 bits per heavy atom. The normalized spacial score (nSPS) is 18.0. The number of carbonyl (C=O) groups excluding carboxylic acids is 3. The van der Waals surface area contributed by atoms with E-state index in [2.05, 4.69) is 35.2 Å². The minimum Gasteiger partial charge on any atom is -0.508 e. The maximum absolute atomic E-state index is 13.8. The van der Waals surface area contributed by atoms with E-state index in [1.54, 1.807) is 53.2 Å². The van der Waals surface area contributed by atoms with Crippen LogP contribution in [-0.2, 0) is 45.2 Å². The summed E-state index contributed by atoms with van der Waals surface area (Å²) in [6, 6.07) is 22.1. The zero-order valence-corrected chi connectivity index (χ0v) is 32.0. The van der Waals surface area contributed by atoms with Crippen molar-refractivity contribution in [3.05, 3.63) is 144 Å². The summed E-state index contributed by atoms with van der Waals surface area (Å²) in [7, 11) is 5.29. The van der Waals surface area contributed by atoms with E-state index in [1.165, 1.54) is 10.6 Å². The molecule has 7 rings (SSSR count). The van der Waals surface area contributed by atoms with Crippen molar-refractivity contribution in [3.63, 3.8) is 0 Å². The van der Waals surface area contributed by atoms with E-state index in [0.717, 1.165) is 52.9 Å². The van der Waals surface area contributed by atoms with E-state index in [4.69, 9.17) is 4.74 Å². The number of rotatable bonds is 10. The lowest BCUT2D eigenvalue weighted by Crippen LogP contribution is -2.74. The van der Waals surface area contributed by atoms with Crippen LogP contribution in [0.4, 0.5) is 0 Å². The summed E-state index contributed by atoms with van der Waals surface area (Å²) in [5, 5.41) is 21.2. The monoisotopic (exact) mass is 745 g/mol. The minimum absolute atomic E-state index is 0.0180. The molecule has 0 radical (unpaired) electrons. The summed E-state index contributed by atoms with van der Waals surface area (Å²) < 4.78 is 6.93. The zero-order valence-electron chi connectivity index (χ0n) is 32.0. The summed E-state index contributed by atoms with van der Waals surface area (Å²) >= 11 is 0. The van der Waals surface area contributed by atoms with Gasteiger partial charge in [0.1, 0.15) is 23.7 Å². The number of fused-ring (bicyclic) bond motifs is 2. The van der Waals surface area contributed by atoms with Crippen LogP contribution >= 0.6 is 0 Å². The number of aromatic hydroxyl groups is 1. The molecule has 2 atom stereocenters. The quantitative estimate of drug-likeness (QED) is 0.168. The lowest BCUT2D eigenvalue weighted by molar-refractivity contribution is -0.196. The number of allylic oxidation sites excluding steroid dienone is 6. The molecule has 2 saturated heterocycles. The van der Waals surface area contributed by atoms with Gasteiger partial charge in [-0.15, -0.1) is 0 Å². The van der Waals surface area contributed by atoms with E-state index in [-0.39, 0.29) is 37.1 Å². The van der Waals surface area contributed by atoms with Crippen LogP contribution in [0.15, 0.2) is 127 Å². The number of hydrogen-bond acceptors (Lipinski definition) is 8. The van der Waals surface area contributed by atoms with Crippen molar-refractivity contribution in [2.24, 2.45) is 0 Å².